The molecule has 0 saturated carbocycles. The van der Waals surface area contributed by atoms with Gasteiger partial charge in [-0.1, -0.05) is 0 Å². The van der Waals surface area contributed by atoms with Gasteiger partial charge in [-0.25, -0.2) is 4.79 Å². The average Bonchev–Trinajstić information content (AvgIpc) is 2.86. The van der Waals surface area contributed by atoms with Crippen LogP contribution in [0.25, 0.3) is 0 Å². The predicted molar refractivity (Wildman–Crippen MR) is 77.5 cm³/mol. The van der Waals surface area contributed by atoms with Crippen molar-refractivity contribution in [3.8, 4) is 6.07 Å². The molecule has 2 aromatic rings. The number of anilines is 1. The third kappa shape index (κ3) is 3.34. The topological polar surface area (TPSA) is 73.1 Å². The van der Waals surface area contributed by atoms with Crippen LogP contribution in [0.1, 0.15) is 20.8 Å². The Hall–Kier alpha value is -1.84. The van der Waals surface area contributed by atoms with Crippen LogP contribution in [-0.2, 0) is 6.54 Å². The fraction of sp³-hybridized carbons (Fsp3) is 0.0769. The normalized spacial score (nSPS) is 9.89. The van der Waals surface area contributed by atoms with Crippen molar-refractivity contribution in [3.05, 3.63) is 50.1 Å². The van der Waals surface area contributed by atoms with Crippen LogP contribution >= 0.6 is 27.3 Å². The first kappa shape index (κ1) is 13.6. The molecule has 96 valence electrons. The number of hydrogen-bond acceptors (Lipinski definition) is 4. The Bertz CT molecular complexity index is 661. The molecule has 2 N–H and O–H groups in total. The van der Waals surface area contributed by atoms with Crippen molar-refractivity contribution in [2.75, 3.05) is 5.32 Å². The number of carboxylic acid groups (broad SMARTS) is 1. The van der Waals surface area contributed by atoms with Crippen molar-refractivity contribution < 1.29 is 9.90 Å². The van der Waals surface area contributed by atoms with E-state index in [1.54, 1.807) is 23.6 Å². The van der Waals surface area contributed by atoms with Crippen LogP contribution in [-0.4, -0.2) is 11.1 Å². The molecule has 1 aromatic carbocycles. The third-order valence-electron chi connectivity index (χ3n) is 2.45. The van der Waals surface area contributed by atoms with Gasteiger partial charge in [0.15, 0.2) is 0 Å². The molecule has 0 bridgehead atoms. The largest absolute Gasteiger partial charge is 0.478 e. The van der Waals surface area contributed by atoms with Crippen molar-refractivity contribution in [1.29, 1.82) is 5.26 Å². The standard InChI is InChI=1S/C13H9BrN2O2S/c14-11-3-8(5-15)1-2-12(11)16-6-10-4-9(7-19-10)13(17)18/h1-4,7,16H,6H2,(H,17,18). The summed E-state index contributed by atoms with van der Waals surface area (Å²) in [5.74, 6) is -0.915. The first-order valence-corrected chi connectivity index (χ1v) is 7.01. The molecule has 1 aromatic heterocycles. The maximum atomic E-state index is 10.8. The van der Waals surface area contributed by atoms with Gasteiger partial charge in [0.05, 0.1) is 17.2 Å². The van der Waals surface area contributed by atoms with Crippen molar-refractivity contribution >= 4 is 38.9 Å². The third-order valence-corrected chi connectivity index (χ3v) is 4.04. The molecular formula is C13H9BrN2O2S. The van der Waals surface area contributed by atoms with E-state index in [4.69, 9.17) is 10.4 Å². The quantitative estimate of drug-likeness (QED) is 0.892. The highest BCUT2D eigenvalue weighted by Gasteiger charge is 2.07. The minimum atomic E-state index is -0.915. The van der Waals surface area contributed by atoms with Crippen LogP contribution < -0.4 is 5.32 Å². The maximum Gasteiger partial charge on any atom is 0.336 e. The smallest absolute Gasteiger partial charge is 0.336 e. The summed E-state index contributed by atoms with van der Waals surface area (Å²) in [6, 6.07) is 8.99. The van der Waals surface area contributed by atoms with Gasteiger partial charge in [0.2, 0.25) is 0 Å². The molecule has 6 heteroatoms. The molecule has 0 radical (unpaired) electrons. The van der Waals surface area contributed by atoms with Crippen molar-refractivity contribution in [3.63, 3.8) is 0 Å². The Morgan fingerprint density at radius 1 is 1.47 bits per heavy atom. The summed E-state index contributed by atoms with van der Waals surface area (Å²) in [7, 11) is 0. The average molecular weight is 337 g/mol. The fourth-order valence-electron chi connectivity index (χ4n) is 1.50. The van der Waals surface area contributed by atoms with E-state index in [0.717, 1.165) is 15.0 Å². The first-order chi connectivity index (χ1) is 9.10. The SMILES string of the molecule is N#Cc1ccc(NCc2cc(C(=O)O)cs2)c(Br)c1. The number of nitrogens with zero attached hydrogens (tertiary/aromatic N) is 1. The maximum absolute atomic E-state index is 10.8. The van der Waals surface area contributed by atoms with Gasteiger partial charge in [0.1, 0.15) is 0 Å². The summed E-state index contributed by atoms with van der Waals surface area (Å²) < 4.78 is 0.807. The van der Waals surface area contributed by atoms with Crippen molar-refractivity contribution in [2.24, 2.45) is 0 Å². The number of nitriles is 1. The molecule has 0 aliphatic carbocycles. The lowest BCUT2D eigenvalue weighted by Crippen LogP contribution is -1.99. The zero-order chi connectivity index (χ0) is 13.8. The molecule has 4 nitrogen and oxygen atoms in total. The molecule has 0 fully saturated rings. The summed E-state index contributed by atoms with van der Waals surface area (Å²) >= 11 is 4.79. The number of nitrogens with one attached hydrogen (secondary N) is 1. The van der Waals surface area contributed by atoms with Gasteiger partial charge in [-0.15, -0.1) is 11.3 Å². The van der Waals surface area contributed by atoms with Crippen LogP contribution in [0.4, 0.5) is 5.69 Å². The van der Waals surface area contributed by atoms with Crippen LogP contribution in [0.15, 0.2) is 34.1 Å². The summed E-state index contributed by atoms with van der Waals surface area (Å²) in [6.45, 7) is 0.544. The second-order valence-electron chi connectivity index (χ2n) is 3.77. The molecular weight excluding hydrogens is 328 g/mol. The highest BCUT2D eigenvalue weighted by Crippen LogP contribution is 2.25. The highest BCUT2D eigenvalue weighted by atomic mass is 79.9. The molecule has 0 amide bonds. The van der Waals surface area contributed by atoms with E-state index in [-0.39, 0.29) is 0 Å². The molecule has 0 aliphatic heterocycles. The Morgan fingerprint density at radius 2 is 2.26 bits per heavy atom. The number of hydrogen-bond donors (Lipinski definition) is 2. The molecule has 19 heavy (non-hydrogen) atoms. The Kier molecular flexibility index (Phi) is 4.20. The van der Waals surface area contributed by atoms with Gasteiger partial charge in [-0.2, -0.15) is 5.26 Å². The monoisotopic (exact) mass is 336 g/mol. The van der Waals surface area contributed by atoms with Crippen LogP contribution in [0.5, 0.6) is 0 Å². The molecule has 0 spiro atoms. The number of carboxylic acids is 1. The van der Waals surface area contributed by atoms with Crippen molar-refractivity contribution in [1.82, 2.24) is 0 Å². The lowest BCUT2D eigenvalue weighted by molar-refractivity contribution is 0.0697. The van der Waals surface area contributed by atoms with E-state index in [9.17, 15) is 4.79 Å². The van der Waals surface area contributed by atoms with E-state index < -0.39 is 5.97 Å². The molecule has 1 heterocycles. The minimum absolute atomic E-state index is 0.306. The zero-order valence-corrected chi connectivity index (χ0v) is 12.1. The summed E-state index contributed by atoms with van der Waals surface area (Å²) in [6.07, 6.45) is 0. The molecule has 0 aliphatic rings. The second kappa shape index (κ2) is 5.87. The number of benzene rings is 1. The Balaban J connectivity index is 2.06. The fourth-order valence-corrected chi connectivity index (χ4v) is 2.81. The molecule has 0 unspecified atom stereocenters. The summed E-state index contributed by atoms with van der Waals surface area (Å²) in [5.41, 5.74) is 1.76. The van der Waals surface area contributed by atoms with E-state index in [1.807, 2.05) is 6.07 Å². The number of thiophene rings is 1. The van der Waals surface area contributed by atoms with Gasteiger partial charge in [0.25, 0.3) is 0 Å². The molecule has 2 rings (SSSR count). The van der Waals surface area contributed by atoms with E-state index in [2.05, 4.69) is 27.3 Å². The first-order valence-electron chi connectivity index (χ1n) is 5.34. The minimum Gasteiger partial charge on any atom is -0.478 e. The summed E-state index contributed by atoms with van der Waals surface area (Å²) in [5, 5.41) is 22.4. The lowest BCUT2D eigenvalue weighted by atomic mass is 10.2. The van der Waals surface area contributed by atoms with Gasteiger partial charge in [-0.05, 0) is 40.2 Å². The number of aromatic carboxylic acids is 1. The zero-order valence-electron chi connectivity index (χ0n) is 9.68. The molecule has 0 saturated heterocycles. The summed E-state index contributed by atoms with van der Waals surface area (Å²) in [4.78, 5) is 11.7. The van der Waals surface area contributed by atoms with Gasteiger partial charge in [0, 0.05) is 27.0 Å². The van der Waals surface area contributed by atoms with Crippen molar-refractivity contribution in [2.45, 2.75) is 6.54 Å². The van der Waals surface area contributed by atoms with E-state index in [1.165, 1.54) is 11.3 Å². The number of rotatable bonds is 4. The predicted octanol–water partition coefficient (Wildman–Crippen LogP) is 3.69. The second-order valence-corrected chi connectivity index (χ2v) is 5.62. The van der Waals surface area contributed by atoms with Crippen LogP contribution in [0, 0.1) is 11.3 Å². The van der Waals surface area contributed by atoms with Gasteiger partial charge in [-0.3, -0.25) is 0 Å². The van der Waals surface area contributed by atoms with Crippen LogP contribution in [0.2, 0.25) is 0 Å². The lowest BCUT2D eigenvalue weighted by Gasteiger charge is -2.07. The number of carbonyl (C=O) groups is 1. The Labute approximate surface area is 122 Å². The Morgan fingerprint density at radius 3 is 2.84 bits per heavy atom. The van der Waals surface area contributed by atoms with Gasteiger partial charge >= 0.3 is 5.97 Å². The number of halogens is 1. The van der Waals surface area contributed by atoms with E-state index in [0.29, 0.717) is 17.7 Å². The molecule has 0 atom stereocenters. The van der Waals surface area contributed by atoms with Crippen LogP contribution in [0.3, 0.4) is 0 Å². The van der Waals surface area contributed by atoms with E-state index >= 15 is 0 Å². The highest BCUT2D eigenvalue weighted by molar-refractivity contribution is 9.10. The van der Waals surface area contributed by atoms with Gasteiger partial charge < -0.3 is 10.4 Å².